The molecule has 0 radical (unpaired) electrons. The Morgan fingerprint density at radius 1 is 1.00 bits per heavy atom. The van der Waals surface area contributed by atoms with Crippen LogP contribution in [0.5, 0.6) is 5.75 Å². The second kappa shape index (κ2) is 6.62. The minimum Gasteiger partial charge on any atom is -0.497 e. The predicted octanol–water partition coefficient (Wildman–Crippen LogP) is 3.74. The van der Waals surface area contributed by atoms with Gasteiger partial charge in [-0.05, 0) is 54.1 Å². The van der Waals surface area contributed by atoms with Gasteiger partial charge >= 0.3 is 5.97 Å². The molecule has 1 aliphatic heterocycles. The second-order valence-corrected chi connectivity index (χ2v) is 5.71. The number of carbonyl (C=O) groups excluding carboxylic acids is 1. The van der Waals surface area contributed by atoms with Gasteiger partial charge in [-0.2, -0.15) is 0 Å². The maximum atomic E-state index is 12.1. The van der Waals surface area contributed by atoms with Gasteiger partial charge in [-0.3, -0.25) is 0 Å². The highest BCUT2D eigenvalue weighted by Crippen LogP contribution is 2.28. The van der Waals surface area contributed by atoms with Crippen LogP contribution in [0.4, 0.5) is 5.69 Å². The lowest BCUT2D eigenvalue weighted by Crippen LogP contribution is -2.07. The van der Waals surface area contributed by atoms with Crippen molar-refractivity contribution in [3.63, 3.8) is 0 Å². The maximum Gasteiger partial charge on any atom is 0.343 e. The number of hydrogen-bond acceptors (Lipinski definition) is 4. The first-order valence-corrected chi connectivity index (χ1v) is 7.64. The van der Waals surface area contributed by atoms with Gasteiger partial charge in [0.25, 0.3) is 0 Å². The Hall–Kier alpha value is -3.01. The first-order chi connectivity index (χ1) is 11.6. The third-order valence-electron chi connectivity index (χ3n) is 3.83. The van der Waals surface area contributed by atoms with Crippen LogP contribution in [0, 0.1) is 0 Å². The Balaban J connectivity index is 1.85. The molecule has 0 aromatic heterocycles. The van der Waals surface area contributed by atoms with Crippen molar-refractivity contribution in [3.05, 3.63) is 71.3 Å². The molecule has 4 nitrogen and oxygen atoms in total. The van der Waals surface area contributed by atoms with Crippen molar-refractivity contribution >= 4 is 23.5 Å². The van der Waals surface area contributed by atoms with E-state index in [4.69, 9.17) is 9.47 Å². The number of cyclic esters (lactones) is 1. The molecule has 3 rings (SSSR count). The van der Waals surface area contributed by atoms with Crippen LogP contribution >= 0.6 is 0 Å². The van der Waals surface area contributed by atoms with Gasteiger partial charge in [-0.15, -0.1) is 0 Å². The smallest absolute Gasteiger partial charge is 0.343 e. The molecule has 0 aliphatic carbocycles. The van der Waals surface area contributed by atoms with Crippen LogP contribution in [0.15, 0.2) is 60.2 Å². The molecule has 1 aliphatic rings. The summed E-state index contributed by atoms with van der Waals surface area (Å²) in [7, 11) is 5.60. The number of rotatable bonds is 4. The van der Waals surface area contributed by atoms with Gasteiger partial charge in [-0.25, -0.2) is 4.79 Å². The summed E-state index contributed by atoms with van der Waals surface area (Å²) < 4.78 is 10.5. The van der Waals surface area contributed by atoms with E-state index in [0.717, 1.165) is 22.6 Å². The summed E-state index contributed by atoms with van der Waals surface area (Å²) >= 11 is 0. The normalized spacial score (nSPS) is 15.2. The zero-order valence-electron chi connectivity index (χ0n) is 13.9. The monoisotopic (exact) mass is 321 g/mol. The highest BCUT2D eigenvalue weighted by Gasteiger charge is 2.21. The van der Waals surface area contributed by atoms with E-state index in [1.54, 1.807) is 13.2 Å². The lowest BCUT2D eigenvalue weighted by atomic mass is 10.1. The summed E-state index contributed by atoms with van der Waals surface area (Å²) in [4.78, 5) is 14.1. The Kier molecular flexibility index (Phi) is 4.38. The Morgan fingerprint density at radius 3 is 2.25 bits per heavy atom. The largest absolute Gasteiger partial charge is 0.497 e. The molecule has 2 aromatic rings. The van der Waals surface area contributed by atoms with E-state index in [-0.39, 0.29) is 5.97 Å². The minimum absolute atomic E-state index is 0.336. The van der Waals surface area contributed by atoms with E-state index in [0.29, 0.717) is 11.3 Å². The van der Waals surface area contributed by atoms with Crippen LogP contribution in [-0.2, 0) is 9.53 Å². The number of methoxy groups -OCH3 is 1. The molecule has 24 heavy (non-hydrogen) atoms. The van der Waals surface area contributed by atoms with Gasteiger partial charge in [0.1, 0.15) is 11.5 Å². The van der Waals surface area contributed by atoms with Crippen molar-refractivity contribution in [1.82, 2.24) is 0 Å². The topological polar surface area (TPSA) is 38.8 Å². The highest BCUT2D eigenvalue weighted by atomic mass is 16.5. The van der Waals surface area contributed by atoms with Crippen LogP contribution < -0.4 is 9.64 Å². The van der Waals surface area contributed by atoms with E-state index >= 15 is 0 Å². The quantitative estimate of drug-likeness (QED) is 0.635. The molecule has 0 amide bonds. The average molecular weight is 321 g/mol. The maximum absolute atomic E-state index is 12.1. The summed E-state index contributed by atoms with van der Waals surface area (Å²) in [5.74, 6) is 0.983. The van der Waals surface area contributed by atoms with Crippen molar-refractivity contribution in [1.29, 1.82) is 0 Å². The van der Waals surface area contributed by atoms with Crippen molar-refractivity contribution in [2.24, 2.45) is 0 Å². The number of esters is 1. The van der Waals surface area contributed by atoms with E-state index in [1.807, 2.05) is 73.6 Å². The fourth-order valence-electron chi connectivity index (χ4n) is 2.43. The fraction of sp³-hybridized carbons (Fsp3) is 0.150. The Morgan fingerprint density at radius 2 is 1.67 bits per heavy atom. The van der Waals surface area contributed by atoms with Crippen molar-refractivity contribution in [2.45, 2.75) is 0 Å². The predicted molar refractivity (Wildman–Crippen MR) is 95.8 cm³/mol. The number of anilines is 1. The third-order valence-corrected chi connectivity index (χ3v) is 3.83. The van der Waals surface area contributed by atoms with Crippen LogP contribution in [0.2, 0.25) is 0 Å². The molecule has 122 valence electrons. The first-order valence-electron chi connectivity index (χ1n) is 7.64. The third kappa shape index (κ3) is 3.33. The van der Waals surface area contributed by atoms with Crippen molar-refractivity contribution in [2.75, 3.05) is 26.1 Å². The summed E-state index contributed by atoms with van der Waals surface area (Å²) in [6.07, 6.45) is 3.60. The minimum atomic E-state index is -0.336. The van der Waals surface area contributed by atoms with Crippen molar-refractivity contribution in [3.8, 4) is 5.75 Å². The molecule has 0 saturated heterocycles. The molecule has 4 heteroatoms. The summed E-state index contributed by atoms with van der Waals surface area (Å²) in [5, 5.41) is 0. The molecule has 1 heterocycles. The molecular formula is C20H19NO3. The number of ether oxygens (including phenoxy) is 2. The molecule has 0 saturated carbocycles. The van der Waals surface area contributed by atoms with Crippen LogP contribution in [0.1, 0.15) is 11.1 Å². The average Bonchev–Trinajstić information content (AvgIpc) is 2.96. The van der Waals surface area contributed by atoms with Crippen molar-refractivity contribution < 1.29 is 14.3 Å². The number of nitrogens with zero attached hydrogens (tertiary/aromatic N) is 1. The van der Waals surface area contributed by atoms with E-state index < -0.39 is 0 Å². The van der Waals surface area contributed by atoms with Gasteiger partial charge in [0.05, 0.1) is 12.7 Å². The van der Waals surface area contributed by atoms with Gasteiger partial charge in [-0.1, -0.05) is 12.1 Å². The Bertz CT molecular complexity index is 800. The molecule has 0 fully saturated rings. The summed E-state index contributed by atoms with van der Waals surface area (Å²) in [6.45, 7) is 0. The SMILES string of the molecule is COc1ccc(C2=C/C(=C\c3ccc(N(C)C)cc3)C(=O)O2)cc1. The van der Waals surface area contributed by atoms with E-state index in [2.05, 4.69) is 0 Å². The number of carbonyl (C=O) groups is 1. The van der Waals surface area contributed by atoms with Crippen LogP contribution in [0.3, 0.4) is 0 Å². The summed E-state index contributed by atoms with van der Waals surface area (Å²) in [6, 6.07) is 15.4. The van der Waals surface area contributed by atoms with Gasteiger partial charge < -0.3 is 14.4 Å². The van der Waals surface area contributed by atoms with E-state index in [9.17, 15) is 4.79 Å². The second-order valence-electron chi connectivity index (χ2n) is 5.71. The van der Waals surface area contributed by atoms with Crippen LogP contribution in [0.25, 0.3) is 11.8 Å². The van der Waals surface area contributed by atoms with Gasteiger partial charge in [0, 0.05) is 25.3 Å². The fourth-order valence-corrected chi connectivity index (χ4v) is 2.43. The number of hydrogen-bond donors (Lipinski definition) is 0. The molecule has 0 N–H and O–H groups in total. The lowest BCUT2D eigenvalue weighted by molar-refractivity contribution is -0.130. The first kappa shape index (κ1) is 15.9. The van der Waals surface area contributed by atoms with Crippen LogP contribution in [-0.4, -0.2) is 27.2 Å². The van der Waals surface area contributed by atoms with Gasteiger partial charge in [0.2, 0.25) is 0 Å². The molecule has 0 bridgehead atoms. The lowest BCUT2D eigenvalue weighted by Gasteiger charge is -2.11. The molecular weight excluding hydrogens is 302 g/mol. The highest BCUT2D eigenvalue weighted by molar-refractivity contribution is 6.05. The summed E-state index contributed by atoms with van der Waals surface area (Å²) in [5.41, 5.74) is 3.45. The van der Waals surface area contributed by atoms with Gasteiger partial charge in [0.15, 0.2) is 0 Å². The Labute approximate surface area is 141 Å². The standard InChI is InChI=1S/C20H19NO3/c1-21(2)17-8-4-14(5-9-17)12-16-13-19(24-20(16)22)15-6-10-18(23-3)11-7-15/h4-13H,1-3H3/b16-12+. The number of benzene rings is 2. The zero-order chi connectivity index (χ0) is 17.1. The molecule has 0 unspecified atom stereocenters. The molecule has 0 spiro atoms. The zero-order valence-corrected chi connectivity index (χ0v) is 13.9. The molecule has 0 atom stereocenters. The van der Waals surface area contributed by atoms with E-state index in [1.165, 1.54) is 0 Å². The molecule has 2 aromatic carbocycles.